The van der Waals surface area contributed by atoms with Gasteiger partial charge in [-0.25, -0.2) is 0 Å². The van der Waals surface area contributed by atoms with Crippen molar-refractivity contribution >= 4 is 0 Å². The summed E-state index contributed by atoms with van der Waals surface area (Å²) in [6.07, 6.45) is 5.54. The number of likely N-dealkylation sites (tertiary alicyclic amines) is 1. The zero-order valence-electron chi connectivity index (χ0n) is 13.5. The summed E-state index contributed by atoms with van der Waals surface area (Å²) in [7, 11) is 0. The molecule has 0 spiro atoms. The highest BCUT2D eigenvalue weighted by Gasteiger charge is 2.34. The Hall–Kier alpha value is -0.120. The maximum absolute atomic E-state index is 5.53. The standard InChI is InChI=1S/C16H34N2O/c1-5-16(6-2)8-11-18(14-16)12-10-17-9-7-13-19-15(3)4/h15,17H,5-14H2,1-4H3. The molecule has 0 radical (unpaired) electrons. The second-order valence-electron chi connectivity index (χ2n) is 6.26. The summed E-state index contributed by atoms with van der Waals surface area (Å²) in [6.45, 7) is 15.7. The minimum atomic E-state index is 0.362. The highest BCUT2D eigenvalue weighted by atomic mass is 16.5. The van der Waals surface area contributed by atoms with Gasteiger partial charge >= 0.3 is 0 Å². The number of hydrogen-bond acceptors (Lipinski definition) is 3. The molecule has 0 aromatic carbocycles. The molecule has 0 amide bonds. The van der Waals surface area contributed by atoms with Gasteiger partial charge in [0.25, 0.3) is 0 Å². The molecule has 1 fully saturated rings. The molecule has 19 heavy (non-hydrogen) atoms. The van der Waals surface area contributed by atoms with Crippen molar-refractivity contribution in [2.75, 3.05) is 39.3 Å². The predicted molar refractivity (Wildman–Crippen MR) is 82.6 cm³/mol. The van der Waals surface area contributed by atoms with Crippen molar-refractivity contribution in [3.63, 3.8) is 0 Å². The van der Waals surface area contributed by atoms with Crippen molar-refractivity contribution < 1.29 is 4.74 Å². The van der Waals surface area contributed by atoms with Crippen molar-refractivity contribution in [3.8, 4) is 0 Å². The van der Waals surface area contributed by atoms with Crippen molar-refractivity contribution in [1.82, 2.24) is 10.2 Å². The van der Waals surface area contributed by atoms with Crippen LogP contribution in [0.2, 0.25) is 0 Å². The van der Waals surface area contributed by atoms with Gasteiger partial charge in [-0.2, -0.15) is 0 Å². The van der Waals surface area contributed by atoms with Gasteiger partial charge in [0.1, 0.15) is 0 Å². The van der Waals surface area contributed by atoms with E-state index in [2.05, 4.69) is 37.9 Å². The molecule has 3 nitrogen and oxygen atoms in total. The maximum atomic E-state index is 5.53. The average molecular weight is 270 g/mol. The molecule has 0 aromatic heterocycles. The summed E-state index contributed by atoms with van der Waals surface area (Å²) in [5.41, 5.74) is 0.616. The summed E-state index contributed by atoms with van der Waals surface area (Å²) < 4.78 is 5.53. The molecule has 114 valence electrons. The summed E-state index contributed by atoms with van der Waals surface area (Å²) in [5, 5.41) is 3.53. The zero-order valence-corrected chi connectivity index (χ0v) is 13.5. The SMILES string of the molecule is CCC1(CC)CCN(CCNCCCOC(C)C)C1. The molecule has 1 rings (SSSR count). The molecule has 1 N–H and O–H groups in total. The van der Waals surface area contributed by atoms with E-state index in [9.17, 15) is 0 Å². The Morgan fingerprint density at radius 3 is 2.53 bits per heavy atom. The van der Waals surface area contributed by atoms with Crippen LogP contribution in [0, 0.1) is 5.41 Å². The Bertz CT molecular complexity index is 227. The van der Waals surface area contributed by atoms with Gasteiger partial charge in [0.2, 0.25) is 0 Å². The largest absolute Gasteiger partial charge is 0.379 e. The lowest BCUT2D eigenvalue weighted by molar-refractivity contribution is 0.0770. The van der Waals surface area contributed by atoms with Crippen LogP contribution in [0.25, 0.3) is 0 Å². The van der Waals surface area contributed by atoms with Gasteiger partial charge in [-0.15, -0.1) is 0 Å². The molecule has 0 atom stereocenters. The molecule has 0 aromatic rings. The fourth-order valence-corrected chi connectivity index (χ4v) is 2.92. The first-order valence-corrected chi connectivity index (χ1v) is 8.16. The van der Waals surface area contributed by atoms with Crippen LogP contribution in [0.4, 0.5) is 0 Å². The highest BCUT2D eigenvalue weighted by Crippen LogP contribution is 2.36. The highest BCUT2D eigenvalue weighted by molar-refractivity contribution is 4.87. The smallest absolute Gasteiger partial charge is 0.0518 e. The number of nitrogens with one attached hydrogen (secondary N) is 1. The van der Waals surface area contributed by atoms with Crippen molar-refractivity contribution in [3.05, 3.63) is 0 Å². The van der Waals surface area contributed by atoms with Gasteiger partial charge in [-0.05, 0) is 58.0 Å². The summed E-state index contributed by atoms with van der Waals surface area (Å²) in [4.78, 5) is 2.63. The lowest BCUT2D eigenvalue weighted by Gasteiger charge is -2.26. The monoisotopic (exact) mass is 270 g/mol. The number of nitrogens with zero attached hydrogens (tertiary/aromatic N) is 1. The molecule has 1 saturated heterocycles. The first-order chi connectivity index (χ1) is 9.12. The van der Waals surface area contributed by atoms with Gasteiger partial charge < -0.3 is 15.0 Å². The number of hydrogen-bond donors (Lipinski definition) is 1. The third kappa shape index (κ3) is 6.24. The molecule has 0 unspecified atom stereocenters. The van der Waals surface area contributed by atoms with Crippen LogP contribution in [-0.4, -0.2) is 50.3 Å². The number of rotatable bonds is 10. The van der Waals surface area contributed by atoms with Crippen molar-refractivity contribution in [2.24, 2.45) is 5.41 Å². The van der Waals surface area contributed by atoms with Crippen LogP contribution < -0.4 is 5.32 Å². The van der Waals surface area contributed by atoms with Gasteiger partial charge in [0.15, 0.2) is 0 Å². The Morgan fingerprint density at radius 2 is 1.95 bits per heavy atom. The Morgan fingerprint density at radius 1 is 1.21 bits per heavy atom. The fourth-order valence-electron chi connectivity index (χ4n) is 2.92. The first-order valence-electron chi connectivity index (χ1n) is 8.16. The topological polar surface area (TPSA) is 24.5 Å². The van der Waals surface area contributed by atoms with Gasteiger partial charge in [0, 0.05) is 26.2 Å². The van der Waals surface area contributed by atoms with E-state index in [4.69, 9.17) is 4.74 Å². The van der Waals surface area contributed by atoms with E-state index in [0.717, 1.165) is 26.1 Å². The Balaban J connectivity index is 1.99. The minimum absolute atomic E-state index is 0.362. The lowest BCUT2D eigenvalue weighted by Crippen LogP contribution is -2.33. The van der Waals surface area contributed by atoms with Crippen molar-refractivity contribution in [1.29, 1.82) is 0 Å². The Labute approximate surface area is 120 Å². The third-order valence-corrected chi connectivity index (χ3v) is 4.57. The van der Waals surface area contributed by atoms with E-state index in [-0.39, 0.29) is 0 Å². The van der Waals surface area contributed by atoms with Gasteiger partial charge in [0.05, 0.1) is 6.10 Å². The molecule has 0 saturated carbocycles. The zero-order chi connectivity index (χ0) is 14.1. The van der Waals surface area contributed by atoms with E-state index in [0.29, 0.717) is 11.5 Å². The quantitative estimate of drug-likeness (QED) is 0.618. The van der Waals surface area contributed by atoms with Crippen LogP contribution >= 0.6 is 0 Å². The van der Waals surface area contributed by atoms with Crippen LogP contribution in [-0.2, 0) is 4.74 Å². The number of ether oxygens (including phenoxy) is 1. The van der Waals surface area contributed by atoms with Crippen LogP contribution in [0.15, 0.2) is 0 Å². The molecule has 3 heteroatoms. The first kappa shape index (κ1) is 16.9. The average Bonchev–Trinajstić information content (AvgIpc) is 2.81. The van der Waals surface area contributed by atoms with Crippen LogP contribution in [0.1, 0.15) is 53.4 Å². The van der Waals surface area contributed by atoms with E-state index in [1.807, 2.05) is 0 Å². The third-order valence-electron chi connectivity index (χ3n) is 4.57. The van der Waals surface area contributed by atoms with E-state index in [1.165, 1.54) is 38.9 Å². The van der Waals surface area contributed by atoms with Crippen LogP contribution in [0.5, 0.6) is 0 Å². The molecule has 1 heterocycles. The van der Waals surface area contributed by atoms with Gasteiger partial charge in [-0.1, -0.05) is 13.8 Å². The molecular weight excluding hydrogens is 236 g/mol. The van der Waals surface area contributed by atoms with E-state index in [1.54, 1.807) is 0 Å². The molecule has 0 aliphatic carbocycles. The summed E-state index contributed by atoms with van der Waals surface area (Å²) in [5.74, 6) is 0. The normalized spacial score (nSPS) is 19.4. The van der Waals surface area contributed by atoms with E-state index < -0.39 is 0 Å². The predicted octanol–water partition coefficient (Wildman–Crippen LogP) is 2.90. The lowest BCUT2D eigenvalue weighted by atomic mass is 9.82. The summed E-state index contributed by atoms with van der Waals surface area (Å²) >= 11 is 0. The molecule has 0 bridgehead atoms. The molecule has 1 aliphatic rings. The minimum Gasteiger partial charge on any atom is -0.379 e. The van der Waals surface area contributed by atoms with E-state index >= 15 is 0 Å². The van der Waals surface area contributed by atoms with Crippen molar-refractivity contribution in [2.45, 2.75) is 59.5 Å². The summed E-state index contributed by atoms with van der Waals surface area (Å²) in [6, 6.07) is 0. The van der Waals surface area contributed by atoms with Crippen LogP contribution in [0.3, 0.4) is 0 Å². The molecule has 1 aliphatic heterocycles. The second-order valence-corrected chi connectivity index (χ2v) is 6.26. The maximum Gasteiger partial charge on any atom is 0.0518 e. The van der Waals surface area contributed by atoms with Gasteiger partial charge in [-0.3, -0.25) is 0 Å². The molecular formula is C16H34N2O. The fraction of sp³-hybridized carbons (Fsp3) is 1.00. The Kier molecular flexibility index (Phi) is 7.96. The second kappa shape index (κ2) is 8.93.